The monoisotopic (exact) mass is 372 g/mol. The molecule has 0 aromatic heterocycles. The molecule has 1 atom stereocenters. The third kappa shape index (κ3) is 3.21. The molecule has 6 heteroatoms. The molecule has 0 radical (unpaired) electrons. The van der Waals surface area contributed by atoms with Crippen LogP contribution in [0.1, 0.15) is 20.8 Å². The minimum Gasteiger partial charge on any atom is -0.456 e. The highest BCUT2D eigenvalue weighted by Gasteiger charge is 2.48. The Kier molecular flexibility index (Phi) is 4.31. The van der Waals surface area contributed by atoms with Crippen LogP contribution in [0.2, 0.25) is 0 Å². The number of allylic oxidation sites excluding steroid dienone is 1. The van der Waals surface area contributed by atoms with Crippen molar-refractivity contribution >= 4 is 31.7 Å². The van der Waals surface area contributed by atoms with Gasteiger partial charge in [0.05, 0.1) is 16.2 Å². The third-order valence-electron chi connectivity index (χ3n) is 3.62. The van der Waals surface area contributed by atoms with Crippen LogP contribution in [0.4, 0.5) is 0 Å². The second-order valence-electron chi connectivity index (χ2n) is 5.59. The molecular weight excluding hydrogens is 356 g/mol. The highest BCUT2D eigenvalue weighted by Crippen LogP contribution is 2.40. The van der Waals surface area contributed by atoms with Gasteiger partial charge in [0.2, 0.25) is 0 Å². The summed E-state index contributed by atoms with van der Waals surface area (Å²) in [5, 5.41) is 0. The lowest BCUT2D eigenvalue weighted by atomic mass is 9.89. The summed E-state index contributed by atoms with van der Waals surface area (Å²) in [6.45, 7) is 5.19. The molecule has 2 rings (SSSR count). The second-order valence-corrected chi connectivity index (χ2v) is 8.81. The molecule has 0 bridgehead atoms. The van der Waals surface area contributed by atoms with E-state index in [9.17, 15) is 13.2 Å². The molecule has 1 heterocycles. The summed E-state index contributed by atoms with van der Waals surface area (Å²) in [6.07, 6.45) is 0. The van der Waals surface area contributed by atoms with Crippen molar-refractivity contribution in [2.24, 2.45) is 5.92 Å². The van der Waals surface area contributed by atoms with Gasteiger partial charge in [-0.2, -0.15) is 0 Å². The van der Waals surface area contributed by atoms with Crippen molar-refractivity contribution in [2.75, 3.05) is 5.75 Å². The summed E-state index contributed by atoms with van der Waals surface area (Å²) < 4.78 is 31.0. The van der Waals surface area contributed by atoms with Crippen molar-refractivity contribution in [2.45, 2.75) is 31.3 Å². The first-order valence-corrected chi connectivity index (χ1v) is 8.97. The fraction of sp³-hybridized carbons (Fsp3) is 0.400. The van der Waals surface area contributed by atoms with Crippen LogP contribution >= 0.6 is 15.9 Å². The van der Waals surface area contributed by atoms with E-state index in [2.05, 4.69) is 15.9 Å². The van der Waals surface area contributed by atoms with Gasteiger partial charge in [0, 0.05) is 10.4 Å². The molecular formula is C15H17BrO4S. The Hall–Kier alpha value is -1.14. The summed E-state index contributed by atoms with van der Waals surface area (Å²) in [6, 6.07) is 8.25. The first-order chi connectivity index (χ1) is 9.65. The lowest BCUT2D eigenvalue weighted by Crippen LogP contribution is -2.33. The van der Waals surface area contributed by atoms with Crippen molar-refractivity contribution in [1.29, 1.82) is 0 Å². The van der Waals surface area contributed by atoms with E-state index in [0.29, 0.717) is 10.1 Å². The van der Waals surface area contributed by atoms with Gasteiger partial charge in [0.25, 0.3) is 0 Å². The fourth-order valence-electron chi connectivity index (χ4n) is 2.46. The Balaban J connectivity index is 2.42. The molecule has 1 aliphatic heterocycles. The lowest BCUT2D eigenvalue weighted by molar-refractivity contribution is -0.144. The molecule has 21 heavy (non-hydrogen) atoms. The van der Waals surface area contributed by atoms with Crippen LogP contribution in [0.25, 0.3) is 0 Å². The molecule has 0 amide bonds. The first-order valence-electron chi connectivity index (χ1n) is 6.52. The Morgan fingerprint density at radius 1 is 1.29 bits per heavy atom. The normalized spacial score (nSPS) is 23.8. The number of carbonyl (C=O) groups excluding carboxylic acids is 1. The van der Waals surface area contributed by atoms with Crippen molar-refractivity contribution < 1.29 is 17.9 Å². The van der Waals surface area contributed by atoms with Crippen molar-refractivity contribution in [3.63, 3.8) is 0 Å². The quantitative estimate of drug-likeness (QED) is 0.604. The van der Waals surface area contributed by atoms with Crippen molar-refractivity contribution in [3.05, 3.63) is 40.4 Å². The molecule has 1 unspecified atom stereocenters. The standard InChI is InChI=1S/C15H17BrO4S/c1-10(16)13-12(15(2,3)20-14(13)17)9-21(18,19)11-7-5-4-6-8-11/h4-8,12H,9H2,1-3H3/b13-10+. The van der Waals surface area contributed by atoms with E-state index in [1.165, 1.54) is 0 Å². The number of sulfone groups is 1. The van der Waals surface area contributed by atoms with Crippen LogP contribution in [-0.4, -0.2) is 25.7 Å². The smallest absolute Gasteiger partial charge is 0.335 e. The zero-order valence-electron chi connectivity index (χ0n) is 12.1. The number of esters is 1. The van der Waals surface area contributed by atoms with E-state index < -0.39 is 27.3 Å². The Morgan fingerprint density at radius 3 is 2.38 bits per heavy atom. The minimum atomic E-state index is -3.49. The van der Waals surface area contributed by atoms with Gasteiger partial charge in [0.15, 0.2) is 9.84 Å². The maximum Gasteiger partial charge on any atom is 0.335 e. The van der Waals surface area contributed by atoms with Gasteiger partial charge in [-0.05, 0) is 32.9 Å². The Labute approximate surface area is 133 Å². The lowest BCUT2D eigenvalue weighted by Gasteiger charge is -2.24. The second kappa shape index (κ2) is 5.57. The predicted molar refractivity (Wildman–Crippen MR) is 83.8 cm³/mol. The minimum absolute atomic E-state index is 0.159. The molecule has 114 valence electrons. The molecule has 1 aliphatic rings. The number of halogens is 1. The number of carbonyl (C=O) groups is 1. The van der Waals surface area contributed by atoms with Crippen LogP contribution in [0.5, 0.6) is 0 Å². The van der Waals surface area contributed by atoms with Crippen LogP contribution < -0.4 is 0 Å². The van der Waals surface area contributed by atoms with Crippen LogP contribution in [-0.2, 0) is 19.4 Å². The molecule has 0 N–H and O–H groups in total. The number of hydrogen-bond donors (Lipinski definition) is 0. The molecule has 1 saturated heterocycles. The molecule has 1 aromatic carbocycles. The van der Waals surface area contributed by atoms with Gasteiger partial charge < -0.3 is 4.74 Å². The third-order valence-corrected chi connectivity index (χ3v) is 5.81. The van der Waals surface area contributed by atoms with E-state index in [-0.39, 0.29) is 10.6 Å². The topological polar surface area (TPSA) is 60.4 Å². The highest BCUT2D eigenvalue weighted by atomic mass is 79.9. The van der Waals surface area contributed by atoms with Gasteiger partial charge in [-0.25, -0.2) is 13.2 Å². The number of benzene rings is 1. The van der Waals surface area contributed by atoms with E-state index in [1.54, 1.807) is 51.1 Å². The molecule has 1 fully saturated rings. The Bertz CT molecular complexity index is 686. The van der Waals surface area contributed by atoms with E-state index in [1.807, 2.05) is 0 Å². The summed E-state index contributed by atoms with van der Waals surface area (Å²) >= 11 is 3.28. The van der Waals surface area contributed by atoms with Crippen LogP contribution in [0.15, 0.2) is 45.3 Å². The van der Waals surface area contributed by atoms with Crippen LogP contribution in [0.3, 0.4) is 0 Å². The van der Waals surface area contributed by atoms with E-state index in [0.717, 1.165) is 0 Å². The van der Waals surface area contributed by atoms with Gasteiger partial charge in [-0.15, -0.1) is 0 Å². The summed E-state index contributed by atoms with van der Waals surface area (Å²) in [5.41, 5.74) is -0.442. The maximum atomic E-state index is 12.5. The molecule has 0 spiro atoms. The van der Waals surface area contributed by atoms with E-state index in [4.69, 9.17) is 4.74 Å². The van der Waals surface area contributed by atoms with E-state index >= 15 is 0 Å². The molecule has 0 saturated carbocycles. The summed E-state index contributed by atoms with van der Waals surface area (Å²) in [5.74, 6) is -1.12. The molecule has 4 nitrogen and oxygen atoms in total. The summed E-state index contributed by atoms with van der Waals surface area (Å²) in [7, 11) is -3.49. The number of hydrogen-bond acceptors (Lipinski definition) is 4. The van der Waals surface area contributed by atoms with Crippen molar-refractivity contribution in [1.82, 2.24) is 0 Å². The number of ether oxygens (including phenoxy) is 1. The van der Waals surface area contributed by atoms with Crippen molar-refractivity contribution in [3.8, 4) is 0 Å². The van der Waals surface area contributed by atoms with Crippen LogP contribution in [0, 0.1) is 5.92 Å². The first kappa shape index (κ1) is 16.2. The SMILES string of the molecule is C/C(Br)=C1\C(=O)OC(C)(C)C1CS(=O)(=O)c1ccccc1. The highest BCUT2D eigenvalue weighted by molar-refractivity contribution is 9.11. The number of rotatable bonds is 3. The Morgan fingerprint density at radius 2 is 1.86 bits per heavy atom. The van der Waals surface area contributed by atoms with Gasteiger partial charge >= 0.3 is 5.97 Å². The largest absolute Gasteiger partial charge is 0.456 e. The maximum absolute atomic E-state index is 12.5. The molecule has 1 aromatic rings. The zero-order valence-corrected chi connectivity index (χ0v) is 14.5. The molecule has 0 aliphatic carbocycles. The zero-order chi connectivity index (χ0) is 15.8. The fourth-order valence-corrected chi connectivity index (χ4v) is 4.67. The van der Waals surface area contributed by atoms with Gasteiger partial charge in [-0.1, -0.05) is 34.1 Å². The predicted octanol–water partition coefficient (Wildman–Crippen LogP) is 3.08. The number of cyclic esters (lactones) is 1. The van der Waals surface area contributed by atoms with Gasteiger partial charge in [-0.3, -0.25) is 0 Å². The average molecular weight is 373 g/mol. The average Bonchev–Trinajstić information content (AvgIpc) is 2.59. The summed E-state index contributed by atoms with van der Waals surface area (Å²) in [4.78, 5) is 12.2. The van der Waals surface area contributed by atoms with Gasteiger partial charge in [0.1, 0.15) is 5.60 Å².